The second-order valence-electron chi connectivity index (χ2n) is 3.96. The van der Waals surface area contributed by atoms with E-state index in [4.69, 9.17) is 5.11 Å². The fraction of sp³-hybridized carbons (Fsp3) is 0.667. The average Bonchev–Trinajstić information content (AvgIpc) is 2.83. The number of aromatic nitrogens is 3. The molecule has 0 aliphatic heterocycles. The van der Waals surface area contributed by atoms with E-state index in [9.17, 15) is 4.79 Å². The molecule has 1 aliphatic rings. The maximum Gasteiger partial charge on any atom is 0.358 e. The summed E-state index contributed by atoms with van der Waals surface area (Å²) in [5, 5.41) is 16.5. The van der Waals surface area contributed by atoms with Crippen LogP contribution in [0.4, 0.5) is 0 Å². The fourth-order valence-electron chi connectivity index (χ4n) is 1.58. The molecule has 0 aromatic carbocycles. The number of carboxylic acids is 1. The largest absolute Gasteiger partial charge is 0.476 e. The fourth-order valence-corrected chi connectivity index (χ4v) is 1.58. The molecule has 2 rings (SSSR count). The third-order valence-electron chi connectivity index (χ3n) is 2.37. The Kier molecular flexibility index (Phi) is 2.02. The van der Waals surface area contributed by atoms with Gasteiger partial charge in [-0.2, -0.15) is 0 Å². The highest BCUT2D eigenvalue weighted by molar-refractivity contribution is 5.86. The van der Waals surface area contributed by atoms with Gasteiger partial charge in [0.15, 0.2) is 5.69 Å². The van der Waals surface area contributed by atoms with Gasteiger partial charge < -0.3 is 5.11 Å². The minimum atomic E-state index is -0.986. The van der Waals surface area contributed by atoms with Gasteiger partial charge in [-0.15, -0.1) is 5.10 Å². The van der Waals surface area contributed by atoms with Crippen LogP contribution in [0.3, 0.4) is 0 Å². The van der Waals surface area contributed by atoms with Gasteiger partial charge in [-0.3, -0.25) is 0 Å². The maximum atomic E-state index is 10.9. The van der Waals surface area contributed by atoms with Crippen molar-refractivity contribution in [3.05, 3.63) is 11.4 Å². The molecule has 0 amide bonds. The lowest BCUT2D eigenvalue weighted by molar-refractivity contribution is 0.0688. The van der Waals surface area contributed by atoms with Gasteiger partial charge in [0.1, 0.15) is 0 Å². The highest BCUT2D eigenvalue weighted by Crippen LogP contribution is 2.37. The molecule has 0 atom stereocenters. The Bertz CT molecular complexity index is 366. The molecule has 1 fully saturated rings. The molecule has 1 aromatic heterocycles. The number of hydrogen-bond donors (Lipinski definition) is 1. The Morgan fingerprint density at radius 1 is 1.57 bits per heavy atom. The van der Waals surface area contributed by atoms with E-state index in [0.29, 0.717) is 6.04 Å². The number of hydrogen-bond acceptors (Lipinski definition) is 3. The van der Waals surface area contributed by atoms with E-state index in [1.807, 2.05) is 13.8 Å². The van der Waals surface area contributed by atoms with Crippen LogP contribution in [0, 0.1) is 0 Å². The van der Waals surface area contributed by atoms with E-state index < -0.39 is 5.97 Å². The molecule has 5 heteroatoms. The molecular weight excluding hydrogens is 182 g/mol. The first-order chi connectivity index (χ1) is 6.61. The van der Waals surface area contributed by atoms with Gasteiger partial charge in [0.25, 0.3) is 0 Å². The molecule has 1 saturated carbocycles. The quantitative estimate of drug-likeness (QED) is 0.792. The summed E-state index contributed by atoms with van der Waals surface area (Å²) < 4.78 is 1.77. The van der Waals surface area contributed by atoms with Gasteiger partial charge in [0, 0.05) is 0 Å². The summed E-state index contributed by atoms with van der Waals surface area (Å²) >= 11 is 0. The Labute approximate surface area is 81.7 Å². The summed E-state index contributed by atoms with van der Waals surface area (Å²) in [4.78, 5) is 10.9. The summed E-state index contributed by atoms with van der Waals surface area (Å²) in [7, 11) is 0. The topological polar surface area (TPSA) is 68.0 Å². The van der Waals surface area contributed by atoms with Gasteiger partial charge in [0.2, 0.25) is 0 Å². The lowest BCUT2D eigenvalue weighted by atomic mass is 10.1. The highest BCUT2D eigenvalue weighted by atomic mass is 16.4. The van der Waals surface area contributed by atoms with Crippen molar-refractivity contribution in [3.8, 4) is 0 Å². The normalized spacial score (nSPS) is 16.2. The van der Waals surface area contributed by atoms with Crippen LogP contribution in [-0.4, -0.2) is 26.1 Å². The number of carbonyl (C=O) groups is 1. The lowest BCUT2D eigenvalue weighted by Gasteiger charge is -2.08. The molecule has 0 radical (unpaired) electrons. The van der Waals surface area contributed by atoms with Crippen molar-refractivity contribution in [2.45, 2.75) is 38.6 Å². The average molecular weight is 195 g/mol. The molecule has 76 valence electrons. The predicted octanol–water partition coefficient (Wildman–Crippen LogP) is 1.43. The van der Waals surface area contributed by atoms with Crippen LogP contribution in [0.15, 0.2) is 0 Å². The molecular formula is C9H13N3O2. The van der Waals surface area contributed by atoms with Gasteiger partial charge >= 0.3 is 5.97 Å². The first-order valence-corrected chi connectivity index (χ1v) is 4.79. The van der Waals surface area contributed by atoms with Gasteiger partial charge in [-0.05, 0) is 18.8 Å². The van der Waals surface area contributed by atoms with Crippen LogP contribution in [0.25, 0.3) is 0 Å². The van der Waals surface area contributed by atoms with Crippen LogP contribution in [0.2, 0.25) is 0 Å². The van der Waals surface area contributed by atoms with Crippen molar-refractivity contribution in [1.29, 1.82) is 0 Å². The van der Waals surface area contributed by atoms with E-state index in [2.05, 4.69) is 10.3 Å². The van der Waals surface area contributed by atoms with Crippen LogP contribution >= 0.6 is 0 Å². The molecule has 14 heavy (non-hydrogen) atoms. The standard InChI is InChI=1S/C9H13N3O2/c1-5(2)8-7(9(13)14)10-11-12(8)6-3-4-6/h5-6H,3-4H2,1-2H3,(H,13,14). The number of rotatable bonds is 3. The third kappa shape index (κ3) is 1.38. The molecule has 5 nitrogen and oxygen atoms in total. The lowest BCUT2D eigenvalue weighted by Crippen LogP contribution is -2.08. The van der Waals surface area contributed by atoms with Crippen molar-refractivity contribution in [3.63, 3.8) is 0 Å². The van der Waals surface area contributed by atoms with Crippen molar-refractivity contribution >= 4 is 5.97 Å². The Balaban J connectivity index is 2.46. The Morgan fingerprint density at radius 2 is 2.21 bits per heavy atom. The van der Waals surface area contributed by atoms with Gasteiger partial charge in [0.05, 0.1) is 11.7 Å². The predicted molar refractivity (Wildman–Crippen MR) is 49.3 cm³/mol. The maximum absolute atomic E-state index is 10.9. The second kappa shape index (κ2) is 3.08. The molecule has 0 spiro atoms. The van der Waals surface area contributed by atoms with E-state index in [0.717, 1.165) is 18.5 Å². The number of carboxylic acid groups (broad SMARTS) is 1. The zero-order chi connectivity index (χ0) is 10.3. The molecule has 0 saturated heterocycles. The molecule has 0 bridgehead atoms. The monoisotopic (exact) mass is 195 g/mol. The Hall–Kier alpha value is -1.39. The summed E-state index contributed by atoms with van der Waals surface area (Å²) in [6.07, 6.45) is 2.17. The van der Waals surface area contributed by atoms with Gasteiger partial charge in [-0.1, -0.05) is 19.1 Å². The number of nitrogens with zero attached hydrogens (tertiary/aromatic N) is 3. The summed E-state index contributed by atoms with van der Waals surface area (Å²) in [5.41, 5.74) is 0.854. The van der Waals surface area contributed by atoms with Crippen LogP contribution in [0.5, 0.6) is 0 Å². The number of aromatic carboxylic acids is 1. The second-order valence-corrected chi connectivity index (χ2v) is 3.96. The van der Waals surface area contributed by atoms with Crippen molar-refractivity contribution in [2.24, 2.45) is 0 Å². The highest BCUT2D eigenvalue weighted by Gasteiger charge is 2.31. The molecule has 0 unspecified atom stereocenters. The minimum absolute atomic E-state index is 0.104. The van der Waals surface area contributed by atoms with E-state index >= 15 is 0 Å². The Morgan fingerprint density at radius 3 is 2.64 bits per heavy atom. The van der Waals surface area contributed by atoms with Crippen LogP contribution < -0.4 is 0 Å². The summed E-state index contributed by atoms with van der Waals surface area (Å²) in [5.74, 6) is -0.836. The van der Waals surface area contributed by atoms with E-state index in [-0.39, 0.29) is 11.6 Å². The molecule has 1 N–H and O–H groups in total. The first-order valence-electron chi connectivity index (χ1n) is 4.79. The smallest absolute Gasteiger partial charge is 0.358 e. The molecule has 1 heterocycles. The summed E-state index contributed by atoms with van der Waals surface area (Å²) in [6, 6.07) is 0.382. The van der Waals surface area contributed by atoms with Crippen molar-refractivity contribution in [1.82, 2.24) is 15.0 Å². The van der Waals surface area contributed by atoms with Crippen LogP contribution in [0.1, 0.15) is 54.8 Å². The van der Waals surface area contributed by atoms with Crippen LogP contribution in [-0.2, 0) is 0 Å². The first kappa shape index (κ1) is 9.18. The summed E-state index contributed by atoms with van der Waals surface area (Å²) in [6.45, 7) is 3.92. The third-order valence-corrected chi connectivity index (χ3v) is 2.37. The zero-order valence-corrected chi connectivity index (χ0v) is 8.27. The van der Waals surface area contributed by atoms with Crippen molar-refractivity contribution in [2.75, 3.05) is 0 Å². The van der Waals surface area contributed by atoms with E-state index in [1.54, 1.807) is 4.68 Å². The van der Waals surface area contributed by atoms with Crippen molar-refractivity contribution < 1.29 is 9.90 Å². The molecule has 1 aromatic rings. The SMILES string of the molecule is CC(C)c1c(C(=O)O)nnn1C1CC1. The van der Waals surface area contributed by atoms with E-state index in [1.165, 1.54) is 0 Å². The van der Waals surface area contributed by atoms with Gasteiger partial charge in [-0.25, -0.2) is 9.48 Å². The zero-order valence-electron chi connectivity index (χ0n) is 8.27. The minimum Gasteiger partial charge on any atom is -0.476 e. The molecule has 1 aliphatic carbocycles.